The van der Waals surface area contributed by atoms with E-state index in [0.717, 1.165) is 24.7 Å². The van der Waals surface area contributed by atoms with Crippen molar-refractivity contribution < 1.29 is 18.0 Å². The van der Waals surface area contributed by atoms with Crippen molar-refractivity contribution in [1.82, 2.24) is 4.90 Å². The Morgan fingerprint density at radius 2 is 1.69 bits per heavy atom. The van der Waals surface area contributed by atoms with Crippen LogP contribution in [0.1, 0.15) is 41.3 Å². The number of carbonyl (C=O) groups is 1. The summed E-state index contributed by atoms with van der Waals surface area (Å²) in [6.07, 6.45) is 6.76. The van der Waals surface area contributed by atoms with E-state index in [9.17, 15) is 4.79 Å². The SMILES string of the molecule is O=C(c1ccco1)N(Cc1ccco1)Cc1ccc(N2CCCCC2)o1. The number of nitrogens with zero attached hydrogens (tertiary/aromatic N) is 2. The van der Waals surface area contributed by atoms with Crippen molar-refractivity contribution in [2.75, 3.05) is 18.0 Å². The van der Waals surface area contributed by atoms with Gasteiger partial charge in [-0.1, -0.05) is 0 Å². The van der Waals surface area contributed by atoms with Crippen LogP contribution < -0.4 is 4.90 Å². The number of piperidine rings is 1. The minimum Gasteiger partial charge on any atom is -0.467 e. The monoisotopic (exact) mass is 354 g/mol. The summed E-state index contributed by atoms with van der Waals surface area (Å²) in [7, 11) is 0. The molecule has 4 rings (SSSR count). The van der Waals surface area contributed by atoms with Crippen molar-refractivity contribution >= 4 is 11.8 Å². The zero-order valence-corrected chi connectivity index (χ0v) is 14.6. The van der Waals surface area contributed by atoms with Crippen LogP contribution in [0.4, 0.5) is 5.88 Å². The Balaban J connectivity index is 1.50. The minimum absolute atomic E-state index is 0.192. The van der Waals surface area contributed by atoms with Crippen molar-refractivity contribution in [3.8, 4) is 0 Å². The summed E-state index contributed by atoms with van der Waals surface area (Å²) in [6, 6.07) is 11.0. The van der Waals surface area contributed by atoms with Gasteiger partial charge in [-0.3, -0.25) is 4.79 Å². The van der Waals surface area contributed by atoms with Crippen LogP contribution in [0.25, 0.3) is 0 Å². The van der Waals surface area contributed by atoms with Crippen LogP contribution in [0.15, 0.2) is 62.2 Å². The fourth-order valence-electron chi connectivity index (χ4n) is 3.27. The standard InChI is InChI=1S/C20H22N2O4/c23-20(18-7-5-13-25-18)22(14-16-6-4-12-24-16)15-17-8-9-19(26-17)21-10-2-1-3-11-21/h4-9,12-13H,1-3,10-11,14-15H2. The van der Waals surface area contributed by atoms with E-state index in [1.165, 1.54) is 25.5 Å². The number of hydrogen-bond acceptors (Lipinski definition) is 5. The molecule has 1 saturated heterocycles. The van der Waals surface area contributed by atoms with E-state index < -0.39 is 0 Å². The second-order valence-electron chi connectivity index (χ2n) is 6.51. The Kier molecular flexibility index (Phi) is 4.82. The normalized spacial score (nSPS) is 14.5. The Hall–Kier alpha value is -2.89. The first-order chi connectivity index (χ1) is 12.8. The van der Waals surface area contributed by atoms with E-state index in [1.807, 2.05) is 24.3 Å². The van der Waals surface area contributed by atoms with Gasteiger partial charge in [-0.15, -0.1) is 0 Å². The molecule has 0 atom stereocenters. The van der Waals surface area contributed by atoms with Crippen molar-refractivity contribution in [3.63, 3.8) is 0 Å². The Bertz CT molecular complexity index is 814. The van der Waals surface area contributed by atoms with Crippen molar-refractivity contribution in [2.24, 2.45) is 0 Å². The lowest BCUT2D eigenvalue weighted by atomic mass is 10.1. The summed E-state index contributed by atoms with van der Waals surface area (Å²) >= 11 is 0. The molecule has 0 saturated carbocycles. The summed E-state index contributed by atoms with van der Waals surface area (Å²) in [5.41, 5.74) is 0. The summed E-state index contributed by atoms with van der Waals surface area (Å²) < 4.78 is 16.7. The van der Waals surface area contributed by atoms with Crippen molar-refractivity contribution in [2.45, 2.75) is 32.4 Å². The smallest absolute Gasteiger partial charge is 0.290 e. The fourth-order valence-corrected chi connectivity index (χ4v) is 3.27. The third kappa shape index (κ3) is 3.69. The molecule has 1 fully saturated rings. The number of hydrogen-bond donors (Lipinski definition) is 0. The van der Waals surface area contributed by atoms with E-state index in [4.69, 9.17) is 13.3 Å². The summed E-state index contributed by atoms with van der Waals surface area (Å²) in [5, 5.41) is 0. The van der Waals surface area contributed by atoms with Gasteiger partial charge >= 0.3 is 0 Å². The van der Waals surface area contributed by atoms with Crippen LogP contribution in [-0.2, 0) is 13.1 Å². The van der Waals surface area contributed by atoms with E-state index in [-0.39, 0.29) is 5.91 Å². The summed E-state index contributed by atoms with van der Waals surface area (Å²) in [4.78, 5) is 16.7. The van der Waals surface area contributed by atoms with Crippen LogP contribution in [0.5, 0.6) is 0 Å². The molecule has 0 unspecified atom stereocenters. The molecule has 3 aromatic rings. The van der Waals surface area contributed by atoms with Gasteiger partial charge in [0.05, 0.1) is 25.6 Å². The van der Waals surface area contributed by atoms with Gasteiger partial charge < -0.3 is 23.1 Å². The van der Waals surface area contributed by atoms with Crippen LogP contribution in [0.2, 0.25) is 0 Å². The first kappa shape index (κ1) is 16.6. The molecule has 0 aromatic carbocycles. The Morgan fingerprint density at radius 1 is 0.923 bits per heavy atom. The predicted molar refractivity (Wildman–Crippen MR) is 95.8 cm³/mol. The van der Waals surface area contributed by atoms with Gasteiger partial charge in [0, 0.05) is 19.2 Å². The van der Waals surface area contributed by atoms with Crippen LogP contribution in [0, 0.1) is 0 Å². The molecule has 6 heteroatoms. The quantitative estimate of drug-likeness (QED) is 0.660. The molecule has 1 amide bonds. The van der Waals surface area contributed by atoms with Gasteiger partial charge in [0.1, 0.15) is 11.5 Å². The largest absolute Gasteiger partial charge is 0.467 e. The van der Waals surface area contributed by atoms with Gasteiger partial charge in [-0.2, -0.15) is 0 Å². The molecule has 1 aliphatic rings. The molecule has 6 nitrogen and oxygen atoms in total. The molecular formula is C20H22N2O4. The molecule has 0 radical (unpaired) electrons. The average Bonchev–Trinajstić information content (AvgIpc) is 3.44. The molecule has 136 valence electrons. The lowest BCUT2D eigenvalue weighted by Crippen LogP contribution is -2.30. The zero-order chi connectivity index (χ0) is 17.8. The third-order valence-electron chi connectivity index (χ3n) is 4.61. The van der Waals surface area contributed by atoms with Crippen LogP contribution in [-0.4, -0.2) is 23.9 Å². The first-order valence-electron chi connectivity index (χ1n) is 8.98. The van der Waals surface area contributed by atoms with Gasteiger partial charge in [0.2, 0.25) is 0 Å². The maximum Gasteiger partial charge on any atom is 0.290 e. The lowest BCUT2D eigenvalue weighted by Gasteiger charge is -2.26. The second-order valence-corrected chi connectivity index (χ2v) is 6.51. The number of rotatable bonds is 6. The second kappa shape index (κ2) is 7.56. The molecule has 0 spiro atoms. The fraction of sp³-hybridized carbons (Fsp3) is 0.350. The molecule has 0 aliphatic carbocycles. The molecule has 0 N–H and O–H groups in total. The maximum absolute atomic E-state index is 12.8. The predicted octanol–water partition coefficient (Wildman–Crippen LogP) is 4.30. The van der Waals surface area contributed by atoms with Gasteiger partial charge in [-0.05, 0) is 49.6 Å². The molecule has 4 heterocycles. The van der Waals surface area contributed by atoms with E-state index in [1.54, 1.807) is 23.3 Å². The number of amides is 1. The van der Waals surface area contributed by atoms with Crippen molar-refractivity contribution in [1.29, 1.82) is 0 Å². The van der Waals surface area contributed by atoms with E-state index in [2.05, 4.69) is 4.90 Å². The summed E-state index contributed by atoms with van der Waals surface area (Å²) in [6.45, 7) is 2.75. The van der Waals surface area contributed by atoms with Gasteiger partial charge in [-0.25, -0.2) is 0 Å². The molecule has 0 bridgehead atoms. The van der Waals surface area contributed by atoms with Crippen molar-refractivity contribution in [3.05, 3.63) is 66.2 Å². The highest BCUT2D eigenvalue weighted by Gasteiger charge is 2.22. The molecule has 1 aliphatic heterocycles. The average molecular weight is 354 g/mol. The molecule has 26 heavy (non-hydrogen) atoms. The van der Waals surface area contributed by atoms with Gasteiger partial charge in [0.15, 0.2) is 11.6 Å². The highest BCUT2D eigenvalue weighted by molar-refractivity contribution is 5.91. The highest BCUT2D eigenvalue weighted by Crippen LogP contribution is 2.24. The Morgan fingerprint density at radius 3 is 2.42 bits per heavy atom. The number of anilines is 1. The summed E-state index contributed by atoms with van der Waals surface area (Å²) in [5.74, 6) is 2.45. The molecular weight excluding hydrogens is 332 g/mol. The van der Waals surface area contributed by atoms with Crippen LogP contribution in [0.3, 0.4) is 0 Å². The minimum atomic E-state index is -0.192. The third-order valence-corrected chi connectivity index (χ3v) is 4.61. The highest BCUT2D eigenvalue weighted by atomic mass is 16.4. The van der Waals surface area contributed by atoms with E-state index >= 15 is 0 Å². The number of furan rings is 3. The maximum atomic E-state index is 12.8. The molecule has 3 aromatic heterocycles. The van der Waals surface area contributed by atoms with E-state index in [0.29, 0.717) is 24.6 Å². The zero-order valence-electron chi connectivity index (χ0n) is 14.6. The Labute approximate surface area is 152 Å². The first-order valence-corrected chi connectivity index (χ1v) is 8.98. The van der Waals surface area contributed by atoms with Gasteiger partial charge in [0.25, 0.3) is 5.91 Å². The number of carbonyl (C=O) groups excluding carboxylic acids is 1. The topological polar surface area (TPSA) is 63.0 Å². The lowest BCUT2D eigenvalue weighted by molar-refractivity contribution is 0.0672. The van der Waals surface area contributed by atoms with Crippen LogP contribution >= 0.6 is 0 Å².